The van der Waals surface area contributed by atoms with Gasteiger partial charge in [-0.2, -0.15) is 4.31 Å². The molecule has 23 heavy (non-hydrogen) atoms. The lowest BCUT2D eigenvalue weighted by Crippen LogP contribution is -2.47. The lowest BCUT2D eigenvalue weighted by Gasteiger charge is -2.24. The number of sulfonamides is 1. The molecule has 0 radical (unpaired) electrons. The van der Waals surface area contributed by atoms with Gasteiger partial charge in [-0.25, -0.2) is 13.4 Å². The molecule has 0 aromatic carbocycles. The van der Waals surface area contributed by atoms with Gasteiger partial charge in [0.25, 0.3) is 0 Å². The molecule has 1 aliphatic heterocycles. The van der Waals surface area contributed by atoms with Crippen LogP contribution in [0.15, 0.2) is 10.6 Å². The number of hydrogen-bond acceptors (Lipinski definition) is 5. The summed E-state index contributed by atoms with van der Waals surface area (Å²) >= 11 is 0. The highest BCUT2D eigenvalue weighted by atomic mass is 32.2. The standard InChI is InChI=1S/C15H25N3O4S/c1-4-5-9-23(20,21)18-8-6-7-13(18)14(19)17-12(3)15-16-10-11(2)22-15/h10,12-13H,4-9H2,1-3H3,(H,17,19). The van der Waals surface area contributed by atoms with Crippen LogP contribution < -0.4 is 5.32 Å². The Morgan fingerprint density at radius 2 is 2.30 bits per heavy atom. The van der Waals surface area contributed by atoms with E-state index in [4.69, 9.17) is 4.42 Å². The van der Waals surface area contributed by atoms with Crippen LogP contribution in [0.4, 0.5) is 0 Å². The number of carbonyl (C=O) groups is 1. The third kappa shape index (κ3) is 4.32. The summed E-state index contributed by atoms with van der Waals surface area (Å²) in [7, 11) is -3.38. The van der Waals surface area contributed by atoms with E-state index in [1.54, 1.807) is 20.0 Å². The number of nitrogens with zero attached hydrogens (tertiary/aromatic N) is 2. The third-order valence-electron chi connectivity index (χ3n) is 3.99. The number of aromatic nitrogens is 1. The van der Waals surface area contributed by atoms with Crippen molar-refractivity contribution in [1.29, 1.82) is 0 Å². The summed E-state index contributed by atoms with van der Waals surface area (Å²) in [5, 5.41) is 2.81. The Balaban J connectivity index is 2.03. The first-order valence-corrected chi connectivity index (χ1v) is 9.68. The largest absolute Gasteiger partial charge is 0.444 e. The number of hydrogen-bond donors (Lipinski definition) is 1. The summed E-state index contributed by atoms with van der Waals surface area (Å²) in [6.07, 6.45) is 4.27. The van der Waals surface area contributed by atoms with Crippen molar-refractivity contribution in [3.63, 3.8) is 0 Å². The van der Waals surface area contributed by atoms with Gasteiger partial charge in [-0.15, -0.1) is 0 Å². The number of unbranched alkanes of at least 4 members (excludes halogenated alkanes) is 1. The van der Waals surface area contributed by atoms with E-state index in [-0.39, 0.29) is 11.7 Å². The van der Waals surface area contributed by atoms with Crippen LogP contribution in [-0.2, 0) is 14.8 Å². The minimum atomic E-state index is -3.38. The van der Waals surface area contributed by atoms with E-state index < -0.39 is 22.1 Å². The molecule has 1 aromatic heterocycles. The van der Waals surface area contributed by atoms with Gasteiger partial charge in [-0.1, -0.05) is 13.3 Å². The van der Waals surface area contributed by atoms with Gasteiger partial charge >= 0.3 is 0 Å². The smallest absolute Gasteiger partial charge is 0.239 e. The molecule has 0 spiro atoms. The fourth-order valence-corrected chi connectivity index (χ4v) is 4.61. The molecule has 0 bridgehead atoms. The van der Waals surface area contributed by atoms with Crippen molar-refractivity contribution in [3.05, 3.63) is 17.8 Å². The van der Waals surface area contributed by atoms with Crippen LogP contribution in [0.1, 0.15) is 57.2 Å². The maximum atomic E-state index is 12.5. The molecule has 1 aromatic rings. The molecule has 1 N–H and O–H groups in total. The van der Waals surface area contributed by atoms with Crippen molar-refractivity contribution in [2.45, 2.75) is 58.5 Å². The van der Waals surface area contributed by atoms with Crippen molar-refractivity contribution in [3.8, 4) is 0 Å². The van der Waals surface area contributed by atoms with Crippen LogP contribution >= 0.6 is 0 Å². The van der Waals surface area contributed by atoms with Crippen molar-refractivity contribution >= 4 is 15.9 Å². The molecular formula is C15H25N3O4S. The van der Waals surface area contributed by atoms with Gasteiger partial charge in [-0.3, -0.25) is 4.79 Å². The van der Waals surface area contributed by atoms with E-state index in [2.05, 4.69) is 10.3 Å². The minimum absolute atomic E-state index is 0.0990. The molecular weight excluding hydrogens is 318 g/mol. The highest BCUT2D eigenvalue weighted by Crippen LogP contribution is 2.23. The number of oxazole rings is 1. The maximum absolute atomic E-state index is 12.5. The highest BCUT2D eigenvalue weighted by Gasteiger charge is 2.38. The van der Waals surface area contributed by atoms with Crippen molar-refractivity contribution in [2.24, 2.45) is 0 Å². The summed E-state index contributed by atoms with van der Waals surface area (Å²) < 4.78 is 31.5. The predicted molar refractivity (Wildman–Crippen MR) is 86.2 cm³/mol. The molecule has 130 valence electrons. The van der Waals surface area contributed by atoms with Gasteiger partial charge in [0.2, 0.25) is 21.8 Å². The van der Waals surface area contributed by atoms with Gasteiger partial charge in [0.05, 0.1) is 11.9 Å². The minimum Gasteiger partial charge on any atom is -0.444 e. The summed E-state index contributed by atoms with van der Waals surface area (Å²) in [5.41, 5.74) is 0. The van der Waals surface area contributed by atoms with Crippen LogP contribution in [0.2, 0.25) is 0 Å². The van der Waals surface area contributed by atoms with Gasteiger partial charge in [0.15, 0.2) is 0 Å². The fourth-order valence-electron chi connectivity index (χ4n) is 2.72. The second kappa shape index (κ2) is 7.44. The average Bonchev–Trinajstić information content (AvgIpc) is 3.14. The first kappa shape index (κ1) is 17.9. The van der Waals surface area contributed by atoms with Crippen molar-refractivity contribution < 1.29 is 17.6 Å². The number of rotatable bonds is 7. The third-order valence-corrected chi connectivity index (χ3v) is 5.94. The molecule has 2 rings (SSSR count). The average molecular weight is 343 g/mol. The molecule has 0 saturated carbocycles. The SMILES string of the molecule is CCCCS(=O)(=O)N1CCCC1C(=O)NC(C)c1ncc(C)o1. The second-order valence-corrected chi connectivity index (χ2v) is 8.02. The normalized spacial score (nSPS) is 20.6. The van der Waals surface area contributed by atoms with Crippen LogP contribution in [0.5, 0.6) is 0 Å². The first-order valence-electron chi connectivity index (χ1n) is 8.07. The van der Waals surface area contributed by atoms with E-state index in [0.717, 1.165) is 6.42 Å². The van der Waals surface area contributed by atoms with Gasteiger partial charge in [0, 0.05) is 6.54 Å². The lowest BCUT2D eigenvalue weighted by molar-refractivity contribution is -0.125. The number of nitrogens with one attached hydrogen (secondary N) is 1. The van der Waals surface area contributed by atoms with Crippen LogP contribution in [0.3, 0.4) is 0 Å². The molecule has 1 amide bonds. The first-order chi connectivity index (χ1) is 10.8. The fraction of sp³-hybridized carbons (Fsp3) is 0.733. The summed E-state index contributed by atoms with van der Waals surface area (Å²) in [6, 6.07) is -1.02. The highest BCUT2D eigenvalue weighted by molar-refractivity contribution is 7.89. The quantitative estimate of drug-likeness (QED) is 0.814. The molecule has 2 unspecified atom stereocenters. The molecule has 8 heteroatoms. The predicted octanol–water partition coefficient (Wildman–Crippen LogP) is 1.75. The van der Waals surface area contributed by atoms with Gasteiger partial charge in [-0.05, 0) is 33.1 Å². The molecule has 1 saturated heterocycles. The molecule has 0 aliphatic carbocycles. The number of amides is 1. The summed E-state index contributed by atoms with van der Waals surface area (Å²) in [5.74, 6) is 0.910. The molecule has 7 nitrogen and oxygen atoms in total. The Bertz CT molecular complexity index is 641. The van der Waals surface area contributed by atoms with E-state index in [9.17, 15) is 13.2 Å². The summed E-state index contributed by atoms with van der Waals surface area (Å²) in [4.78, 5) is 16.6. The molecule has 2 heterocycles. The molecule has 1 fully saturated rings. The zero-order valence-electron chi connectivity index (χ0n) is 13.9. The Kier molecular flexibility index (Phi) is 5.80. The Labute approximate surface area is 137 Å². The van der Waals surface area contributed by atoms with E-state index >= 15 is 0 Å². The van der Waals surface area contributed by atoms with Crippen LogP contribution in [-0.4, -0.2) is 42.0 Å². The van der Waals surface area contributed by atoms with E-state index in [0.29, 0.717) is 37.5 Å². The zero-order chi connectivity index (χ0) is 17.0. The monoisotopic (exact) mass is 343 g/mol. The summed E-state index contributed by atoms with van der Waals surface area (Å²) in [6.45, 7) is 5.92. The maximum Gasteiger partial charge on any atom is 0.239 e. The van der Waals surface area contributed by atoms with Crippen LogP contribution in [0.25, 0.3) is 0 Å². The second-order valence-electron chi connectivity index (χ2n) is 5.98. The van der Waals surface area contributed by atoms with Gasteiger partial charge in [0.1, 0.15) is 17.8 Å². The van der Waals surface area contributed by atoms with E-state index in [1.165, 1.54) is 4.31 Å². The Hall–Kier alpha value is -1.41. The number of aryl methyl sites for hydroxylation is 1. The molecule has 1 aliphatic rings. The lowest BCUT2D eigenvalue weighted by atomic mass is 10.2. The van der Waals surface area contributed by atoms with Crippen molar-refractivity contribution in [2.75, 3.05) is 12.3 Å². The number of carbonyl (C=O) groups excluding carboxylic acids is 1. The zero-order valence-corrected chi connectivity index (χ0v) is 14.7. The molecule has 2 atom stereocenters. The van der Waals surface area contributed by atoms with Crippen LogP contribution in [0, 0.1) is 6.92 Å². The van der Waals surface area contributed by atoms with E-state index in [1.807, 2.05) is 6.92 Å². The Morgan fingerprint density at radius 3 is 2.91 bits per heavy atom. The topological polar surface area (TPSA) is 92.5 Å². The van der Waals surface area contributed by atoms with Gasteiger partial charge < -0.3 is 9.73 Å². The Morgan fingerprint density at radius 1 is 1.57 bits per heavy atom. The van der Waals surface area contributed by atoms with Crippen molar-refractivity contribution in [1.82, 2.24) is 14.6 Å².